The van der Waals surface area contributed by atoms with Crippen LogP contribution in [0.4, 0.5) is 4.39 Å². The van der Waals surface area contributed by atoms with Gasteiger partial charge in [-0.15, -0.1) is 0 Å². The molecule has 0 spiro atoms. The fourth-order valence-corrected chi connectivity index (χ4v) is 2.59. The van der Waals surface area contributed by atoms with E-state index in [0.29, 0.717) is 5.56 Å². The fraction of sp³-hybridized carbons (Fsp3) is 0.588. The minimum Gasteiger partial charge on any atom is -0.469 e. The summed E-state index contributed by atoms with van der Waals surface area (Å²) in [7, 11) is 0.753. The highest BCUT2D eigenvalue weighted by Gasteiger charge is 2.54. The summed E-state index contributed by atoms with van der Waals surface area (Å²) in [6.45, 7) is 9.52. The van der Waals surface area contributed by atoms with Gasteiger partial charge in [-0.05, 0) is 51.8 Å². The van der Waals surface area contributed by atoms with Crippen molar-refractivity contribution in [2.45, 2.75) is 58.1 Å². The van der Waals surface area contributed by atoms with Crippen LogP contribution in [-0.2, 0) is 18.8 Å². The van der Waals surface area contributed by atoms with Crippen LogP contribution in [0, 0.1) is 12.7 Å². The van der Waals surface area contributed by atoms with Gasteiger partial charge < -0.3 is 14.0 Å². The van der Waals surface area contributed by atoms with Gasteiger partial charge in [0.05, 0.1) is 24.7 Å². The molecule has 0 N–H and O–H groups in total. The second-order valence-electron chi connectivity index (χ2n) is 7.02. The number of rotatable bonds is 4. The predicted molar refractivity (Wildman–Crippen MR) is 86.6 cm³/mol. The van der Waals surface area contributed by atoms with E-state index in [0.717, 1.165) is 5.56 Å². The van der Waals surface area contributed by atoms with Crippen LogP contribution in [0.15, 0.2) is 18.2 Å². The van der Waals surface area contributed by atoms with E-state index < -0.39 is 18.3 Å². The Balaban J connectivity index is 2.35. The minimum atomic E-state index is -0.594. The molecule has 1 aliphatic rings. The van der Waals surface area contributed by atoms with Crippen molar-refractivity contribution >= 4 is 13.1 Å². The van der Waals surface area contributed by atoms with E-state index in [1.807, 2.05) is 27.7 Å². The van der Waals surface area contributed by atoms with Crippen molar-refractivity contribution in [3.63, 3.8) is 0 Å². The first-order chi connectivity index (χ1) is 10.6. The zero-order valence-corrected chi connectivity index (χ0v) is 14.6. The van der Waals surface area contributed by atoms with Crippen LogP contribution in [-0.4, -0.2) is 31.4 Å². The lowest BCUT2D eigenvalue weighted by molar-refractivity contribution is -0.140. The van der Waals surface area contributed by atoms with Gasteiger partial charge in [0.2, 0.25) is 0 Å². The van der Waals surface area contributed by atoms with E-state index in [9.17, 15) is 9.18 Å². The molecule has 4 nitrogen and oxygen atoms in total. The van der Waals surface area contributed by atoms with Crippen LogP contribution < -0.4 is 0 Å². The van der Waals surface area contributed by atoms with Crippen molar-refractivity contribution in [1.82, 2.24) is 0 Å². The van der Waals surface area contributed by atoms with Crippen LogP contribution in [0.2, 0.25) is 0 Å². The van der Waals surface area contributed by atoms with Gasteiger partial charge in [0.1, 0.15) is 5.82 Å². The number of ether oxygens (including phenoxy) is 1. The van der Waals surface area contributed by atoms with Crippen LogP contribution >= 0.6 is 0 Å². The number of carbonyl (C=O) groups excluding carboxylic acids is 1. The maximum Gasteiger partial charge on any atom is 0.466 e. The van der Waals surface area contributed by atoms with Crippen molar-refractivity contribution in [2.24, 2.45) is 0 Å². The Morgan fingerprint density at radius 1 is 1.26 bits per heavy atom. The lowest BCUT2D eigenvalue weighted by Gasteiger charge is -2.32. The molecule has 1 aliphatic heterocycles. The molecule has 2 rings (SSSR count). The third-order valence-corrected chi connectivity index (χ3v) is 4.82. The number of halogens is 1. The van der Waals surface area contributed by atoms with Gasteiger partial charge in [0, 0.05) is 5.82 Å². The summed E-state index contributed by atoms with van der Waals surface area (Å²) in [6, 6.07) is 4.80. The molecular formula is C17H24BFO4. The van der Waals surface area contributed by atoms with Gasteiger partial charge in [-0.2, -0.15) is 0 Å². The SMILES string of the molecule is COC(=O)CC(B1OC(C)(C)C(C)(C)O1)c1ccc(F)c(C)c1. The highest BCUT2D eigenvalue weighted by molar-refractivity contribution is 6.48. The van der Waals surface area contributed by atoms with E-state index in [-0.39, 0.29) is 24.0 Å². The highest BCUT2D eigenvalue weighted by atomic mass is 19.1. The summed E-state index contributed by atoms with van der Waals surface area (Å²) < 4.78 is 30.5. The summed E-state index contributed by atoms with van der Waals surface area (Å²) in [5.74, 6) is -0.992. The normalized spacial score (nSPS) is 20.4. The summed E-state index contributed by atoms with van der Waals surface area (Å²) in [5.41, 5.74) is 0.323. The molecule has 1 saturated heterocycles. The topological polar surface area (TPSA) is 44.8 Å². The Hall–Kier alpha value is -1.40. The average Bonchev–Trinajstić information content (AvgIpc) is 2.67. The van der Waals surface area contributed by atoms with Gasteiger partial charge >= 0.3 is 13.1 Å². The van der Waals surface area contributed by atoms with Crippen molar-refractivity contribution in [3.05, 3.63) is 35.1 Å². The number of esters is 1. The molecule has 1 atom stereocenters. The summed E-state index contributed by atoms with van der Waals surface area (Å²) >= 11 is 0. The zero-order chi connectivity index (χ0) is 17.4. The number of benzene rings is 1. The smallest absolute Gasteiger partial charge is 0.466 e. The van der Waals surface area contributed by atoms with Crippen molar-refractivity contribution in [2.75, 3.05) is 7.11 Å². The molecule has 126 valence electrons. The highest BCUT2D eigenvalue weighted by Crippen LogP contribution is 2.42. The predicted octanol–water partition coefficient (Wildman–Crippen LogP) is 3.41. The number of hydrogen-bond acceptors (Lipinski definition) is 4. The molecule has 1 fully saturated rings. The summed E-state index contributed by atoms with van der Waals surface area (Å²) in [4.78, 5) is 11.8. The van der Waals surface area contributed by atoms with Gasteiger partial charge in [-0.1, -0.05) is 12.1 Å². The van der Waals surface area contributed by atoms with Crippen LogP contribution in [0.5, 0.6) is 0 Å². The first kappa shape index (κ1) is 18.0. The number of aryl methyl sites for hydroxylation is 1. The Bertz CT molecular complexity index is 584. The van der Waals surface area contributed by atoms with Crippen LogP contribution in [0.25, 0.3) is 0 Å². The monoisotopic (exact) mass is 322 g/mol. The minimum absolute atomic E-state index is 0.110. The Labute approximate surface area is 137 Å². The standard InChI is InChI=1S/C17H24BFO4/c1-11-9-12(7-8-14(11)19)13(10-15(20)21-6)18-22-16(2,3)17(4,5)23-18/h7-9,13H,10H2,1-6H3. The Kier molecular flexibility index (Phi) is 4.88. The second kappa shape index (κ2) is 6.25. The average molecular weight is 322 g/mol. The van der Waals surface area contributed by atoms with E-state index in [4.69, 9.17) is 14.0 Å². The second-order valence-corrected chi connectivity index (χ2v) is 7.02. The maximum atomic E-state index is 13.6. The van der Waals surface area contributed by atoms with Crippen LogP contribution in [0.3, 0.4) is 0 Å². The molecule has 0 amide bonds. The van der Waals surface area contributed by atoms with Gasteiger partial charge in [-0.3, -0.25) is 4.79 Å². The van der Waals surface area contributed by atoms with E-state index in [1.165, 1.54) is 13.2 Å². The lowest BCUT2D eigenvalue weighted by atomic mass is 9.66. The van der Waals surface area contributed by atoms with Crippen molar-refractivity contribution in [3.8, 4) is 0 Å². The molecule has 0 bridgehead atoms. The zero-order valence-electron chi connectivity index (χ0n) is 14.6. The third-order valence-electron chi connectivity index (χ3n) is 4.82. The fourth-order valence-electron chi connectivity index (χ4n) is 2.59. The van der Waals surface area contributed by atoms with Gasteiger partial charge in [-0.25, -0.2) is 4.39 Å². The molecule has 0 aromatic heterocycles. The molecule has 0 aliphatic carbocycles. The maximum absolute atomic E-state index is 13.6. The quantitative estimate of drug-likeness (QED) is 0.629. The first-order valence-corrected chi connectivity index (χ1v) is 7.76. The largest absolute Gasteiger partial charge is 0.469 e. The molecule has 1 aromatic carbocycles. The molecule has 1 unspecified atom stereocenters. The van der Waals surface area contributed by atoms with E-state index >= 15 is 0 Å². The molecule has 23 heavy (non-hydrogen) atoms. The summed E-state index contributed by atoms with van der Waals surface area (Å²) in [6.07, 6.45) is 0.110. The van der Waals surface area contributed by atoms with E-state index in [1.54, 1.807) is 19.1 Å². The van der Waals surface area contributed by atoms with Crippen LogP contribution in [0.1, 0.15) is 51.1 Å². The number of carbonyl (C=O) groups is 1. The Morgan fingerprint density at radius 3 is 2.30 bits per heavy atom. The molecular weight excluding hydrogens is 298 g/mol. The number of methoxy groups -OCH3 is 1. The van der Waals surface area contributed by atoms with Crippen molar-refractivity contribution < 1.29 is 23.2 Å². The molecule has 1 heterocycles. The summed E-state index contributed by atoms with van der Waals surface area (Å²) in [5, 5.41) is 0. The van der Waals surface area contributed by atoms with Crippen molar-refractivity contribution in [1.29, 1.82) is 0 Å². The molecule has 0 radical (unpaired) electrons. The molecule has 6 heteroatoms. The van der Waals surface area contributed by atoms with Gasteiger partial charge in [0.25, 0.3) is 0 Å². The van der Waals surface area contributed by atoms with E-state index in [2.05, 4.69) is 0 Å². The first-order valence-electron chi connectivity index (χ1n) is 7.76. The lowest BCUT2D eigenvalue weighted by Crippen LogP contribution is -2.41. The molecule has 1 aromatic rings. The third kappa shape index (κ3) is 3.58. The van der Waals surface area contributed by atoms with Gasteiger partial charge in [0.15, 0.2) is 0 Å². The number of hydrogen-bond donors (Lipinski definition) is 0. The Morgan fingerprint density at radius 2 is 1.83 bits per heavy atom. The molecule has 0 saturated carbocycles.